The van der Waals surface area contributed by atoms with Crippen LogP contribution in [0.3, 0.4) is 0 Å². The van der Waals surface area contributed by atoms with Crippen LogP contribution in [0.1, 0.15) is 31.0 Å². The Balaban J connectivity index is 1.41. The molecule has 0 radical (unpaired) electrons. The normalized spacial score (nSPS) is 14.5. The third-order valence-corrected chi connectivity index (χ3v) is 5.14. The lowest BCUT2D eigenvalue weighted by Gasteiger charge is -2.16. The van der Waals surface area contributed by atoms with Gasteiger partial charge in [-0.3, -0.25) is 19.6 Å². The van der Waals surface area contributed by atoms with E-state index in [1.54, 1.807) is 0 Å². The smallest absolute Gasteiger partial charge is 0.437 e. The number of fused-ring (bicyclic) bond motifs is 1. The maximum Gasteiger partial charge on any atom is 0.437 e. The highest BCUT2D eigenvalue weighted by Crippen LogP contribution is 2.38. The van der Waals surface area contributed by atoms with E-state index < -0.39 is 17.9 Å². The predicted octanol–water partition coefficient (Wildman–Crippen LogP) is 3.83. The van der Waals surface area contributed by atoms with Gasteiger partial charge in [-0.2, -0.15) is 13.2 Å². The Morgan fingerprint density at radius 2 is 2.03 bits per heavy atom. The Morgan fingerprint density at radius 3 is 2.73 bits per heavy atom. The molecule has 0 unspecified atom stereocenters. The second kappa shape index (κ2) is 9.04. The predicted molar refractivity (Wildman–Crippen MR) is 110 cm³/mol. The van der Waals surface area contributed by atoms with Gasteiger partial charge in [0.15, 0.2) is 17.1 Å². The van der Waals surface area contributed by atoms with Gasteiger partial charge in [0.05, 0.1) is 18.2 Å². The molecule has 3 heterocycles. The number of ether oxygens (including phenoxy) is 1. The highest BCUT2D eigenvalue weighted by molar-refractivity contribution is 6.11. The molecule has 0 saturated carbocycles. The lowest BCUT2D eigenvalue weighted by molar-refractivity contribution is -0.141. The van der Waals surface area contributed by atoms with E-state index in [2.05, 4.69) is 15.1 Å². The summed E-state index contributed by atoms with van der Waals surface area (Å²) < 4.78 is 50.2. The van der Waals surface area contributed by atoms with Crippen molar-refractivity contribution < 1.29 is 32.0 Å². The van der Waals surface area contributed by atoms with Gasteiger partial charge in [-0.15, -0.1) is 0 Å². The summed E-state index contributed by atoms with van der Waals surface area (Å²) in [5.41, 5.74) is -0.522. The third kappa shape index (κ3) is 4.45. The van der Waals surface area contributed by atoms with Crippen LogP contribution in [0.2, 0.25) is 0 Å². The molecule has 33 heavy (non-hydrogen) atoms. The number of carbonyl (C=O) groups is 2. The van der Waals surface area contributed by atoms with Crippen LogP contribution in [0.5, 0.6) is 5.75 Å². The molecule has 0 atom stereocenters. The number of amides is 3. The van der Waals surface area contributed by atoms with Crippen LogP contribution < -0.4 is 9.64 Å². The quantitative estimate of drug-likeness (QED) is 0.370. The third-order valence-electron chi connectivity index (χ3n) is 5.14. The molecule has 3 aromatic rings. The maximum atomic E-state index is 13.1. The van der Waals surface area contributed by atoms with Gasteiger partial charge in [-0.25, -0.2) is 9.78 Å². The van der Waals surface area contributed by atoms with Crippen LogP contribution in [-0.4, -0.2) is 51.7 Å². The minimum absolute atomic E-state index is 0.0474. The first-order valence-corrected chi connectivity index (χ1v) is 10.3. The number of carbonyl (C=O) groups excluding carboxylic acids is 2. The van der Waals surface area contributed by atoms with Gasteiger partial charge in [-0.1, -0.05) is 18.5 Å². The van der Waals surface area contributed by atoms with E-state index in [4.69, 9.17) is 9.26 Å². The molecule has 4 rings (SSSR count). The summed E-state index contributed by atoms with van der Waals surface area (Å²) in [7, 11) is 0. The standard InChI is InChI=1S/C21H20F3N5O4/c1-2-4-13-15(6-5-14-18(13)33-27-19(14)21(22,23)24)32-10-3-9-28-17(30)12-29(20(28)31)16-11-25-7-8-26-16/h5-8,11H,2-4,9-10,12H2,1H3. The molecule has 12 heteroatoms. The Bertz CT molecular complexity index is 1170. The van der Waals surface area contributed by atoms with Crippen molar-refractivity contribution >= 4 is 28.7 Å². The van der Waals surface area contributed by atoms with Gasteiger partial charge in [0, 0.05) is 24.5 Å². The van der Waals surface area contributed by atoms with Crippen molar-refractivity contribution in [3.8, 4) is 5.75 Å². The Labute approximate surface area is 186 Å². The molecule has 1 aliphatic rings. The first-order chi connectivity index (χ1) is 15.8. The first-order valence-electron chi connectivity index (χ1n) is 10.3. The van der Waals surface area contributed by atoms with Crippen molar-refractivity contribution in [1.29, 1.82) is 0 Å². The Kier molecular flexibility index (Phi) is 6.16. The number of benzene rings is 1. The molecule has 9 nitrogen and oxygen atoms in total. The molecule has 0 aliphatic carbocycles. The molecule has 2 aromatic heterocycles. The van der Waals surface area contributed by atoms with Gasteiger partial charge in [0.25, 0.3) is 5.91 Å². The molecule has 1 saturated heterocycles. The number of imide groups is 1. The molecule has 0 spiro atoms. The van der Waals surface area contributed by atoms with Crippen LogP contribution in [0.15, 0.2) is 35.2 Å². The molecule has 0 bridgehead atoms. The minimum Gasteiger partial charge on any atom is -0.493 e. The molecule has 3 amide bonds. The Hall–Kier alpha value is -3.70. The number of urea groups is 1. The van der Waals surface area contributed by atoms with Crippen LogP contribution in [0.4, 0.5) is 23.8 Å². The minimum atomic E-state index is -4.62. The van der Waals surface area contributed by atoms with E-state index >= 15 is 0 Å². The number of nitrogens with zero attached hydrogens (tertiary/aromatic N) is 5. The number of halogens is 3. The summed E-state index contributed by atoms with van der Waals surface area (Å²) in [6.45, 7) is 2.03. The monoisotopic (exact) mass is 463 g/mol. The number of hydrogen-bond acceptors (Lipinski definition) is 7. The molecular formula is C21H20F3N5O4. The first kappa shape index (κ1) is 22.5. The number of anilines is 1. The van der Waals surface area contributed by atoms with Crippen molar-refractivity contribution in [3.63, 3.8) is 0 Å². The van der Waals surface area contributed by atoms with Crippen molar-refractivity contribution in [3.05, 3.63) is 42.0 Å². The maximum absolute atomic E-state index is 13.1. The van der Waals surface area contributed by atoms with E-state index in [0.717, 1.165) is 4.90 Å². The lowest BCUT2D eigenvalue weighted by atomic mass is 10.0. The van der Waals surface area contributed by atoms with Crippen molar-refractivity contribution in [2.24, 2.45) is 0 Å². The molecular weight excluding hydrogens is 443 g/mol. The second-order valence-electron chi connectivity index (χ2n) is 7.38. The van der Waals surface area contributed by atoms with E-state index in [0.29, 0.717) is 30.6 Å². The number of aryl methyl sites for hydroxylation is 1. The number of alkyl halides is 3. The number of hydrogen-bond donors (Lipinski definition) is 0. The summed E-state index contributed by atoms with van der Waals surface area (Å²) in [4.78, 5) is 35.1. The fourth-order valence-electron chi connectivity index (χ4n) is 3.64. The SMILES string of the molecule is CCCc1c(OCCCN2C(=O)CN(c3cnccn3)C2=O)ccc2c(C(F)(F)F)noc12. The zero-order chi connectivity index (χ0) is 23.6. The summed E-state index contributed by atoms with van der Waals surface area (Å²) >= 11 is 0. The molecule has 1 aliphatic heterocycles. The highest BCUT2D eigenvalue weighted by Gasteiger charge is 2.38. The van der Waals surface area contributed by atoms with Gasteiger partial charge in [0.1, 0.15) is 12.3 Å². The van der Waals surface area contributed by atoms with Crippen LogP contribution in [0.25, 0.3) is 11.0 Å². The van der Waals surface area contributed by atoms with Gasteiger partial charge >= 0.3 is 12.2 Å². The average Bonchev–Trinajstić information content (AvgIpc) is 3.35. The van der Waals surface area contributed by atoms with Crippen molar-refractivity contribution in [2.75, 3.05) is 24.6 Å². The molecule has 0 N–H and O–H groups in total. The van der Waals surface area contributed by atoms with Gasteiger partial charge < -0.3 is 9.26 Å². The van der Waals surface area contributed by atoms with Crippen molar-refractivity contribution in [2.45, 2.75) is 32.4 Å². The van der Waals surface area contributed by atoms with E-state index in [9.17, 15) is 22.8 Å². The topological polar surface area (TPSA) is 102 Å². The van der Waals surface area contributed by atoms with Gasteiger partial charge in [-0.05, 0) is 25.0 Å². The zero-order valence-corrected chi connectivity index (χ0v) is 17.6. The Morgan fingerprint density at radius 1 is 1.21 bits per heavy atom. The van der Waals surface area contributed by atoms with Crippen LogP contribution in [0, 0.1) is 0 Å². The van der Waals surface area contributed by atoms with E-state index in [-0.39, 0.29) is 42.4 Å². The number of aromatic nitrogens is 3. The average molecular weight is 463 g/mol. The fraction of sp³-hybridized carbons (Fsp3) is 0.381. The molecule has 1 aromatic carbocycles. The van der Waals surface area contributed by atoms with Crippen LogP contribution >= 0.6 is 0 Å². The molecule has 174 valence electrons. The van der Waals surface area contributed by atoms with E-state index in [1.807, 2.05) is 6.92 Å². The van der Waals surface area contributed by atoms with E-state index in [1.165, 1.54) is 35.6 Å². The molecule has 1 fully saturated rings. The van der Waals surface area contributed by atoms with Gasteiger partial charge in [0.2, 0.25) is 0 Å². The van der Waals surface area contributed by atoms with Crippen LogP contribution in [-0.2, 0) is 17.4 Å². The number of rotatable bonds is 8. The summed E-state index contributed by atoms with van der Waals surface area (Å²) in [6, 6.07) is 2.24. The zero-order valence-electron chi connectivity index (χ0n) is 17.6. The van der Waals surface area contributed by atoms with Crippen molar-refractivity contribution in [1.82, 2.24) is 20.0 Å². The summed E-state index contributed by atoms with van der Waals surface area (Å²) in [5.74, 6) is 0.312. The fourth-order valence-corrected chi connectivity index (χ4v) is 3.64. The second-order valence-corrected chi connectivity index (χ2v) is 7.38. The summed E-state index contributed by atoms with van der Waals surface area (Å²) in [5, 5.41) is 3.08. The highest BCUT2D eigenvalue weighted by atomic mass is 19.4. The summed E-state index contributed by atoms with van der Waals surface area (Å²) in [6.07, 6.45) is 1.11. The largest absolute Gasteiger partial charge is 0.493 e. The lowest BCUT2D eigenvalue weighted by Crippen LogP contribution is -2.34.